The highest BCUT2D eigenvalue weighted by Crippen LogP contribution is 2.12. The van der Waals surface area contributed by atoms with E-state index in [-0.39, 0.29) is 0 Å². The Balaban J connectivity index is 2.83. The van der Waals surface area contributed by atoms with Gasteiger partial charge in [0.25, 0.3) is 0 Å². The first-order valence-electron chi connectivity index (χ1n) is 3.28. The van der Waals surface area contributed by atoms with Crippen LogP contribution in [0.15, 0.2) is 30.6 Å². The summed E-state index contributed by atoms with van der Waals surface area (Å²) in [6.07, 6.45) is 3.27. The van der Waals surface area contributed by atoms with Crippen LogP contribution in [0.1, 0.15) is 0 Å². The number of rotatable bonds is 0. The predicted molar refractivity (Wildman–Crippen MR) is 42.3 cm³/mol. The van der Waals surface area contributed by atoms with Crippen molar-refractivity contribution in [1.29, 1.82) is 0 Å². The molecule has 0 aliphatic rings. The summed E-state index contributed by atoms with van der Waals surface area (Å²) in [4.78, 5) is 8.14. The summed E-state index contributed by atoms with van der Waals surface area (Å²) in [6, 6.07) is 5.20. The molecule has 2 rings (SSSR count). The molecular formula is C8H6N3. The molecule has 11 heavy (non-hydrogen) atoms. The monoisotopic (exact) mass is 144 g/mol. The summed E-state index contributed by atoms with van der Waals surface area (Å²) in [7, 11) is 0. The zero-order valence-electron chi connectivity index (χ0n) is 5.78. The Morgan fingerprint density at radius 2 is 1.73 bits per heavy atom. The van der Waals surface area contributed by atoms with Gasteiger partial charge in [-0.15, -0.1) is 0 Å². The SMILES string of the molecule is [NH]c1ccc2nccnc2c1. The third-order valence-electron chi connectivity index (χ3n) is 1.47. The van der Waals surface area contributed by atoms with E-state index in [1.54, 1.807) is 30.6 Å². The van der Waals surface area contributed by atoms with E-state index in [2.05, 4.69) is 9.97 Å². The van der Waals surface area contributed by atoms with Crippen molar-refractivity contribution < 1.29 is 0 Å². The second-order valence-electron chi connectivity index (χ2n) is 2.26. The lowest BCUT2D eigenvalue weighted by Crippen LogP contribution is -1.80. The van der Waals surface area contributed by atoms with E-state index in [4.69, 9.17) is 5.73 Å². The van der Waals surface area contributed by atoms with Crippen LogP contribution in [0.5, 0.6) is 0 Å². The van der Waals surface area contributed by atoms with Crippen LogP contribution in [0.25, 0.3) is 11.0 Å². The smallest absolute Gasteiger partial charge is 0.0907 e. The van der Waals surface area contributed by atoms with Crippen molar-refractivity contribution >= 4 is 16.7 Å². The molecule has 0 saturated heterocycles. The van der Waals surface area contributed by atoms with Gasteiger partial charge in [-0.3, -0.25) is 9.97 Å². The van der Waals surface area contributed by atoms with Crippen molar-refractivity contribution in [1.82, 2.24) is 15.7 Å². The van der Waals surface area contributed by atoms with Crippen molar-refractivity contribution in [3.05, 3.63) is 30.6 Å². The Labute approximate surface area is 63.9 Å². The maximum atomic E-state index is 7.31. The number of benzene rings is 1. The van der Waals surface area contributed by atoms with Gasteiger partial charge >= 0.3 is 0 Å². The average Bonchev–Trinajstić information content (AvgIpc) is 2.04. The molecule has 0 amide bonds. The van der Waals surface area contributed by atoms with E-state index >= 15 is 0 Å². The quantitative estimate of drug-likeness (QED) is 0.563. The topological polar surface area (TPSA) is 49.6 Å². The predicted octanol–water partition coefficient (Wildman–Crippen LogP) is 1.54. The Morgan fingerprint density at radius 3 is 2.55 bits per heavy atom. The number of nitrogens with one attached hydrogen (secondary N) is 1. The molecule has 1 N–H and O–H groups in total. The van der Waals surface area contributed by atoms with Crippen LogP contribution in [0, 0.1) is 0 Å². The number of nitrogens with zero attached hydrogens (tertiary/aromatic N) is 2. The van der Waals surface area contributed by atoms with Crippen LogP contribution >= 0.6 is 0 Å². The van der Waals surface area contributed by atoms with Gasteiger partial charge < -0.3 is 5.73 Å². The van der Waals surface area contributed by atoms with Gasteiger partial charge in [-0.05, 0) is 18.2 Å². The third-order valence-corrected chi connectivity index (χ3v) is 1.47. The fraction of sp³-hybridized carbons (Fsp3) is 0. The van der Waals surface area contributed by atoms with Gasteiger partial charge in [0.1, 0.15) is 0 Å². The lowest BCUT2D eigenvalue weighted by Gasteiger charge is -1.94. The Kier molecular flexibility index (Phi) is 1.22. The Bertz CT molecular complexity index is 384. The van der Waals surface area contributed by atoms with E-state index in [0.29, 0.717) is 5.69 Å². The minimum atomic E-state index is 0.470. The van der Waals surface area contributed by atoms with E-state index in [1.165, 1.54) is 0 Å². The first-order chi connectivity index (χ1) is 5.36. The molecule has 2 aromatic rings. The summed E-state index contributed by atoms with van der Waals surface area (Å²) in [6.45, 7) is 0. The van der Waals surface area contributed by atoms with Crippen molar-refractivity contribution in [2.45, 2.75) is 0 Å². The average molecular weight is 144 g/mol. The molecule has 1 aromatic carbocycles. The minimum Gasteiger partial charge on any atom is -0.301 e. The number of aromatic nitrogens is 2. The fourth-order valence-electron chi connectivity index (χ4n) is 0.963. The molecule has 0 atom stereocenters. The van der Waals surface area contributed by atoms with E-state index in [0.717, 1.165) is 11.0 Å². The molecule has 0 saturated carbocycles. The van der Waals surface area contributed by atoms with Gasteiger partial charge in [0.05, 0.1) is 16.7 Å². The summed E-state index contributed by atoms with van der Waals surface area (Å²) in [5.74, 6) is 0. The highest BCUT2D eigenvalue weighted by Gasteiger charge is 1.93. The zero-order valence-corrected chi connectivity index (χ0v) is 5.78. The summed E-state index contributed by atoms with van der Waals surface area (Å²) < 4.78 is 0. The first kappa shape index (κ1) is 6.09. The molecule has 0 spiro atoms. The van der Waals surface area contributed by atoms with Crippen molar-refractivity contribution in [3.8, 4) is 0 Å². The van der Waals surface area contributed by atoms with Gasteiger partial charge in [0.15, 0.2) is 0 Å². The highest BCUT2D eigenvalue weighted by atomic mass is 14.8. The van der Waals surface area contributed by atoms with Crippen LogP contribution in [-0.2, 0) is 0 Å². The molecule has 0 aliphatic heterocycles. The Hall–Kier alpha value is -1.64. The standard InChI is InChI=1S/C8H6N3/c9-6-1-2-7-8(5-6)11-4-3-10-7/h1-5,9H. The minimum absolute atomic E-state index is 0.470. The molecule has 1 radical (unpaired) electrons. The molecule has 3 nitrogen and oxygen atoms in total. The zero-order chi connectivity index (χ0) is 7.68. The van der Waals surface area contributed by atoms with Gasteiger partial charge in [-0.1, -0.05) is 0 Å². The summed E-state index contributed by atoms with van der Waals surface area (Å²) in [5, 5.41) is 0. The van der Waals surface area contributed by atoms with E-state index < -0.39 is 0 Å². The van der Waals surface area contributed by atoms with Gasteiger partial charge in [-0.25, -0.2) is 0 Å². The van der Waals surface area contributed by atoms with Crippen molar-refractivity contribution in [2.24, 2.45) is 0 Å². The maximum absolute atomic E-state index is 7.31. The molecule has 0 fully saturated rings. The van der Waals surface area contributed by atoms with Crippen molar-refractivity contribution in [3.63, 3.8) is 0 Å². The lowest BCUT2D eigenvalue weighted by molar-refractivity contribution is 1.29. The molecule has 0 aliphatic carbocycles. The molecule has 1 heterocycles. The number of fused-ring (bicyclic) bond motifs is 1. The molecule has 1 aromatic heterocycles. The Morgan fingerprint density at radius 1 is 1.00 bits per heavy atom. The molecule has 0 bridgehead atoms. The fourth-order valence-corrected chi connectivity index (χ4v) is 0.963. The maximum Gasteiger partial charge on any atom is 0.0907 e. The summed E-state index contributed by atoms with van der Waals surface area (Å²) >= 11 is 0. The van der Waals surface area contributed by atoms with Gasteiger partial charge in [0, 0.05) is 12.4 Å². The normalized spacial score (nSPS) is 10.2. The second-order valence-corrected chi connectivity index (χ2v) is 2.26. The van der Waals surface area contributed by atoms with E-state index in [1.807, 2.05) is 0 Å². The third kappa shape index (κ3) is 1.00. The molecular weight excluding hydrogens is 138 g/mol. The highest BCUT2D eigenvalue weighted by molar-refractivity contribution is 5.76. The van der Waals surface area contributed by atoms with Crippen LogP contribution in [0.4, 0.5) is 5.69 Å². The molecule has 0 unspecified atom stereocenters. The van der Waals surface area contributed by atoms with Crippen LogP contribution in [-0.4, -0.2) is 9.97 Å². The van der Waals surface area contributed by atoms with Crippen molar-refractivity contribution in [2.75, 3.05) is 0 Å². The van der Waals surface area contributed by atoms with Gasteiger partial charge in [-0.2, -0.15) is 0 Å². The summed E-state index contributed by atoms with van der Waals surface area (Å²) in [5.41, 5.74) is 9.39. The molecule has 3 heteroatoms. The number of hydrogen-bond acceptors (Lipinski definition) is 2. The van der Waals surface area contributed by atoms with Crippen LogP contribution < -0.4 is 5.73 Å². The van der Waals surface area contributed by atoms with Crippen LogP contribution in [0.3, 0.4) is 0 Å². The molecule has 53 valence electrons. The lowest BCUT2D eigenvalue weighted by atomic mass is 10.3. The number of hydrogen-bond donors (Lipinski definition) is 0. The largest absolute Gasteiger partial charge is 0.301 e. The first-order valence-corrected chi connectivity index (χ1v) is 3.28. The van der Waals surface area contributed by atoms with E-state index in [9.17, 15) is 0 Å². The second kappa shape index (κ2) is 2.20. The van der Waals surface area contributed by atoms with Crippen LogP contribution in [0.2, 0.25) is 0 Å². The van der Waals surface area contributed by atoms with Gasteiger partial charge in [0.2, 0.25) is 0 Å².